The molecule has 7 nitrogen and oxygen atoms in total. The minimum absolute atomic E-state index is 0.0426. The molecule has 1 saturated carbocycles. The standard InChI is InChI=1S/C28H37ClFN3O4S/c1-3-26(28(35)31-24-10-5-4-6-11-24)32(20-21-14-16-23(30)17-15-21)27(34)13-8-18-33(38(2,36)37)25-12-7-9-22(29)19-25/h7,9,12,14-17,19,24,26H,3-6,8,10-11,13,18,20H2,1-2H3,(H,31,35)/t26-/m1/s1. The zero-order valence-corrected chi connectivity index (χ0v) is 23.6. The van der Waals surface area contributed by atoms with E-state index in [0.29, 0.717) is 22.7 Å². The van der Waals surface area contributed by atoms with Gasteiger partial charge in [-0.15, -0.1) is 0 Å². The normalized spacial score (nSPS) is 15.1. The maximum absolute atomic E-state index is 13.5. The van der Waals surface area contributed by atoms with E-state index in [1.54, 1.807) is 36.4 Å². The lowest BCUT2D eigenvalue weighted by Crippen LogP contribution is -2.51. The van der Waals surface area contributed by atoms with Crippen molar-refractivity contribution in [2.75, 3.05) is 17.1 Å². The number of anilines is 1. The summed E-state index contributed by atoms with van der Waals surface area (Å²) in [7, 11) is -3.61. The molecule has 1 N–H and O–H groups in total. The van der Waals surface area contributed by atoms with Gasteiger partial charge in [0.05, 0.1) is 11.9 Å². The van der Waals surface area contributed by atoms with Crippen LogP contribution in [-0.2, 0) is 26.2 Å². The summed E-state index contributed by atoms with van der Waals surface area (Å²) >= 11 is 6.06. The number of carbonyl (C=O) groups is 2. The number of rotatable bonds is 12. The third-order valence-corrected chi connectivity index (χ3v) is 8.28. The first kappa shape index (κ1) is 29.9. The molecular weight excluding hydrogens is 529 g/mol. The topological polar surface area (TPSA) is 86.8 Å². The minimum atomic E-state index is -3.61. The van der Waals surface area contributed by atoms with Gasteiger partial charge in [0.25, 0.3) is 0 Å². The van der Waals surface area contributed by atoms with Crippen molar-refractivity contribution in [2.24, 2.45) is 0 Å². The Kier molecular flexibility index (Phi) is 11.0. The summed E-state index contributed by atoms with van der Waals surface area (Å²) in [5, 5.41) is 3.54. The number of amides is 2. The van der Waals surface area contributed by atoms with Crippen LogP contribution in [0.15, 0.2) is 48.5 Å². The van der Waals surface area contributed by atoms with Gasteiger partial charge in [0.15, 0.2) is 0 Å². The molecule has 208 valence electrons. The average Bonchev–Trinajstić information content (AvgIpc) is 2.87. The monoisotopic (exact) mass is 565 g/mol. The fourth-order valence-electron chi connectivity index (χ4n) is 4.89. The van der Waals surface area contributed by atoms with Gasteiger partial charge in [-0.1, -0.05) is 56.0 Å². The SMILES string of the molecule is CC[C@H](C(=O)NC1CCCCC1)N(Cc1ccc(F)cc1)C(=O)CCCN(c1cccc(Cl)c1)S(C)(=O)=O. The minimum Gasteiger partial charge on any atom is -0.352 e. The van der Waals surface area contributed by atoms with E-state index in [9.17, 15) is 22.4 Å². The van der Waals surface area contributed by atoms with Gasteiger partial charge in [-0.25, -0.2) is 12.8 Å². The Morgan fingerprint density at radius 3 is 2.39 bits per heavy atom. The van der Waals surface area contributed by atoms with E-state index in [1.165, 1.54) is 27.8 Å². The van der Waals surface area contributed by atoms with Crippen LogP contribution in [0.1, 0.15) is 63.9 Å². The summed E-state index contributed by atoms with van der Waals surface area (Å²) in [5.74, 6) is -0.832. The molecule has 0 bridgehead atoms. The number of hydrogen-bond donors (Lipinski definition) is 1. The summed E-state index contributed by atoms with van der Waals surface area (Å²) < 4.78 is 39.6. The van der Waals surface area contributed by atoms with Crippen molar-refractivity contribution in [2.45, 2.75) is 76.9 Å². The molecule has 0 spiro atoms. The maximum atomic E-state index is 13.5. The van der Waals surface area contributed by atoms with Gasteiger partial charge in [-0.05, 0) is 61.6 Å². The summed E-state index contributed by atoms with van der Waals surface area (Å²) in [4.78, 5) is 28.4. The molecule has 1 aliphatic carbocycles. The molecule has 0 aliphatic heterocycles. The van der Waals surface area contributed by atoms with Crippen molar-refractivity contribution in [3.63, 3.8) is 0 Å². The van der Waals surface area contributed by atoms with Crippen LogP contribution >= 0.6 is 11.6 Å². The molecule has 1 fully saturated rings. The summed E-state index contributed by atoms with van der Waals surface area (Å²) in [6.45, 7) is 2.10. The molecule has 1 atom stereocenters. The predicted molar refractivity (Wildman–Crippen MR) is 149 cm³/mol. The smallest absolute Gasteiger partial charge is 0.243 e. The van der Waals surface area contributed by atoms with Crippen LogP contribution in [-0.4, -0.2) is 50.0 Å². The number of sulfonamides is 1. The number of carbonyl (C=O) groups excluding carboxylic acids is 2. The van der Waals surface area contributed by atoms with Gasteiger partial charge in [0.2, 0.25) is 21.8 Å². The number of hydrogen-bond acceptors (Lipinski definition) is 4. The lowest BCUT2D eigenvalue weighted by molar-refractivity contribution is -0.141. The third-order valence-electron chi connectivity index (χ3n) is 6.85. The Morgan fingerprint density at radius 2 is 1.79 bits per heavy atom. The zero-order chi connectivity index (χ0) is 27.7. The molecule has 3 rings (SSSR count). The average molecular weight is 566 g/mol. The fourth-order valence-corrected chi connectivity index (χ4v) is 6.03. The van der Waals surface area contributed by atoms with Gasteiger partial charge in [-0.2, -0.15) is 0 Å². The highest BCUT2D eigenvalue weighted by Gasteiger charge is 2.30. The molecule has 0 saturated heterocycles. The number of nitrogens with zero attached hydrogens (tertiary/aromatic N) is 2. The van der Waals surface area contributed by atoms with Crippen molar-refractivity contribution in [3.8, 4) is 0 Å². The highest BCUT2D eigenvalue weighted by molar-refractivity contribution is 7.92. The van der Waals surface area contributed by atoms with Crippen LogP contribution in [0.4, 0.5) is 10.1 Å². The van der Waals surface area contributed by atoms with Crippen LogP contribution in [0.5, 0.6) is 0 Å². The highest BCUT2D eigenvalue weighted by Crippen LogP contribution is 2.23. The van der Waals surface area contributed by atoms with Crippen molar-refractivity contribution in [1.82, 2.24) is 10.2 Å². The number of halogens is 2. The van der Waals surface area contributed by atoms with Crippen molar-refractivity contribution in [1.29, 1.82) is 0 Å². The third kappa shape index (κ3) is 8.70. The Morgan fingerprint density at radius 1 is 1.11 bits per heavy atom. The second kappa shape index (κ2) is 13.9. The van der Waals surface area contributed by atoms with E-state index in [2.05, 4.69) is 5.32 Å². The lowest BCUT2D eigenvalue weighted by atomic mass is 9.95. The molecule has 0 radical (unpaired) electrons. The van der Waals surface area contributed by atoms with Gasteiger partial charge in [0, 0.05) is 30.6 Å². The van der Waals surface area contributed by atoms with Gasteiger partial charge in [0.1, 0.15) is 11.9 Å². The Hall–Kier alpha value is -2.65. The van der Waals surface area contributed by atoms with Crippen molar-refractivity contribution < 1.29 is 22.4 Å². The zero-order valence-electron chi connectivity index (χ0n) is 22.0. The lowest BCUT2D eigenvalue weighted by Gasteiger charge is -2.33. The van der Waals surface area contributed by atoms with E-state index >= 15 is 0 Å². The van der Waals surface area contributed by atoms with Crippen LogP contribution in [0.2, 0.25) is 5.02 Å². The quantitative estimate of drug-likeness (QED) is 0.379. The van der Waals surface area contributed by atoms with E-state index < -0.39 is 16.1 Å². The molecule has 0 heterocycles. The largest absolute Gasteiger partial charge is 0.352 e. The Labute approximate surface area is 230 Å². The van der Waals surface area contributed by atoms with Gasteiger partial charge in [-0.3, -0.25) is 13.9 Å². The molecule has 0 unspecified atom stereocenters. The molecular formula is C28H37ClFN3O4S. The number of nitrogens with one attached hydrogen (secondary N) is 1. The predicted octanol–water partition coefficient (Wildman–Crippen LogP) is 5.28. The first-order chi connectivity index (χ1) is 18.1. The Balaban J connectivity index is 1.75. The van der Waals surface area contributed by atoms with E-state index in [1.807, 2.05) is 6.92 Å². The maximum Gasteiger partial charge on any atom is 0.243 e. The van der Waals surface area contributed by atoms with Crippen molar-refractivity contribution >= 4 is 39.1 Å². The van der Waals surface area contributed by atoms with Crippen LogP contribution < -0.4 is 9.62 Å². The van der Waals surface area contributed by atoms with E-state index in [0.717, 1.165) is 31.9 Å². The van der Waals surface area contributed by atoms with Crippen molar-refractivity contribution in [3.05, 3.63) is 64.9 Å². The molecule has 0 aromatic heterocycles. The van der Waals surface area contributed by atoms with E-state index in [4.69, 9.17) is 11.6 Å². The molecule has 10 heteroatoms. The molecule has 2 aromatic rings. The van der Waals surface area contributed by atoms with Crippen LogP contribution in [0.3, 0.4) is 0 Å². The van der Waals surface area contributed by atoms with E-state index in [-0.39, 0.29) is 49.6 Å². The molecule has 38 heavy (non-hydrogen) atoms. The second-order valence-electron chi connectivity index (χ2n) is 9.83. The highest BCUT2D eigenvalue weighted by atomic mass is 35.5. The molecule has 2 aromatic carbocycles. The first-order valence-corrected chi connectivity index (χ1v) is 15.4. The van der Waals surface area contributed by atoms with Gasteiger partial charge >= 0.3 is 0 Å². The molecule has 1 aliphatic rings. The van der Waals surface area contributed by atoms with Crippen LogP contribution in [0.25, 0.3) is 0 Å². The first-order valence-electron chi connectivity index (χ1n) is 13.2. The summed E-state index contributed by atoms with van der Waals surface area (Å²) in [5.41, 5.74) is 1.13. The second-order valence-corrected chi connectivity index (χ2v) is 12.2. The number of benzene rings is 2. The summed E-state index contributed by atoms with van der Waals surface area (Å²) in [6.07, 6.45) is 6.99. The summed E-state index contributed by atoms with van der Waals surface area (Å²) in [6, 6.07) is 11.8. The molecule has 2 amide bonds. The Bertz CT molecular complexity index is 1190. The van der Waals surface area contributed by atoms with Gasteiger partial charge < -0.3 is 10.2 Å². The fraction of sp³-hybridized carbons (Fsp3) is 0.500. The van der Waals surface area contributed by atoms with Crippen LogP contribution in [0, 0.1) is 5.82 Å².